The minimum absolute atomic E-state index is 0.103. The van der Waals surface area contributed by atoms with Gasteiger partial charge in [-0.2, -0.15) is 0 Å². The van der Waals surface area contributed by atoms with Crippen molar-refractivity contribution in [3.8, 4) is 0 Å². The zero-order valence-electron chi connectivity index (χ0n) is 10.6. The summed E-state index contributed by atoms with van der Waals surface area (Å²) in [5.41, 5.74) is 1.20. The number of thiazole rings is 1. The third-order valence-corrected chi connectivity index (χ3v) is 5.15. The molecular formula is C15H19NOS. The Morgan fingerprint density at radius 3 is 2.67 bits per heavy atom. The summed E-state index contributed by atoms with van der Waals surface area (Å²) in [5, 5.41) is 10.9. The predicted octanol–water partition coefficient (Wildman–Crippen LogP) is 3.78. The van der Waals surface area contributed by atoms with E-state index < -0.39 is 0 Å². The monoisotopic (exact) mass is 261 g/mol. The van der Waals surface area contributed by atoms with Crippen LogP contribution >= 0.6 is 11.3 Å². The van der Waals surface area contributed by atoms with Crippen molar-refractivity contribution >= 4 is 21.6 Å². The van der Waals surface area contributed by atoms with E-state index in [9.17, 15) is 5.11 Å². The first-order valence-electron chi connectivity index (χ1n) is 6.77. The Bertz CT molecular complexity index is 495. The molecule has 1 saturated carbocycles. The number of hydrogen-bond donors (Lipinski definition) is 1. The molecular weight excluding hydrogens is 242 g/mol. The summed E-state index contributed by atoms with van der Waals surface area (Å²) in [4.78, 5) is 4.71. The molecule has 0 amide bonds. The molecule has 1 heterocycles. The first kappa shape index (κ1) is 12.1. The fraction of sp³-hybridized carbons (Fsp3) is 0.533. The molecule has 3 rings (SSSR count). The highest BCUT2D eigenvalue weighted by Gasteiger charge is 2.32. The predicted molar refractivity (Wildman–Crippen MR) is 75.9 cm³/mol. The minimum Gasteiger partial charge on any atom is -0.396 e. The molecule has 3 heteroatoms. The van der Waals surface area contributed by atoms with E-state index in [4.69, 9.17) is 4.98 Å². The van der Waals surface area contributed by atoms with Crippen LogP contribution in [-0.2, 0) is 6.42 Å². The number of para-hydroxylation sites is 1. The molecule has 1 aromatic heterocycles. The molecule has 1 aromatic carbocycles. The number of nitrogens with zero attached hydrogens (tertiary/aromatic N) is 1. The minimum atomic E-state index is 0.103. The third-order valence-electron chi connectivity index (χ3n) is 4.11. The summed E-state index contributed by atoms with van der Waals surface area (Å²) in [7, 11) is 0. The van der Waals surface area contributed by atoms with Gasteiger partial charge in [-0.05, 0) is 30.4 Å². The number of rotatable bonds is 3. The van der Waals surface area contributed by atoms with Crippen LogP contribution in [0.2, 0.25) is 0 Å². The van der Waals surface area contributed by atoms with Crippen LogP contribution in [0.4, 0.5) is 0 Å². The molecule has 0 atom stereocenters. The normalized spacial score (nSPS) is 19.2. The molecule has 1 N–H and O–H groups in total. The van der Waals surface area contributed by atoms with Crippen molar-refractivity contribution < 1.29 is 5.11 Å². The molecule has 0 saturated heterocycles. The lowest BCUT2D eigenvalue weighted by Gasteiger charge is -2.34. The maximum atomic E-state index is 9.75. The summed E-state index contributed by atoms with van der Waals surface area (Å²) < 4.78 is 1.26. The van der Waals surface area contributed by atoms with Crippen LogP contribution in [0.3, 0.4) is 0 Å². The number of benzene rings is 1. The number of aliphatic hydroxyl groups excluding tert-OH is 1. The Kier molecular flexibility index (Phi) is 3.35. The number of aliphatic hydroxyl groups is 1. The Labute approximate surface area is 112 Å². The van der Waals surface area contributed by atoms with Gasteiger partial charge in [-0.15, -0.1) is 11.3 Å². The Hall–Kier alpha value is -0.930. The summed E-state index contributed by atoms with van der Waals surface area (Å²) in [5.74, 6) is 0. The van der Waals surface area contributed by atoms with Gasteiger partial charge in [0, 0.05) is 13.0 Å². The van der Waals surface area contributed by atoms with Crippen LogP contribution in [0.5, 0.6) is 0 Å². The second kappa shape index (κ2) is 4.98. The first-order valence-corrected chi connectivity index (χ1v) is 7.58. The van der Waals surface area contributed by atoms with E-state index in [1.54, 1.807) is 11.3 Å². The SMILES string of the molecule is OCC1(Cc2nc3ccccc3s2)CCCCC1. The van der Waals surface area contributed by atoms with Crippen LogP contribution in [-0.4, -0.2) is 16.7 Å². The second-order valence-corrected chi connectivity index (χ2v) is 6.59. The van der Waals surface area contributed by atoms with Crippen molar-refractivity contribution in [1.82, 2.24) is 4.98 Å². The number of hydrogen-bond acceptors (Lipinski definition) is 3. The number of fused-ring (bicyclic) bond motifs is 1. The summed E-state index contributed by atoms with van der Waals surface area (Å²) in [6.45, 7) is 0.308. The summed E-state index contributed by atoms with van der Waals surface area (Å²) in [6, 6.07) is 8.30. The van der Waals surface area contributed by atoms with Crippen LogP contribution in [0.25, 0.3) is 10.2 Å². The second-order valence-electron chi connectivity index (χ2n) is 5.47. The Balaban J connectivity index is 1.85. The lowest BCUT2D eigenvalue weighted by atomic mass is 9.72. The van der Waals surface area contributed by atoms with Gasteiger partial charge >= 0.3 is 0 Å². The standard InChI is InChI=1S/C15H19NOS/c17-11-15(8-4-1-5-9-15)10-14-16-12-6-2-3-7-13(12)18-14/h2-3,6-7,17H,1,4-5,8-11H2. The lowest BCUT2D eigenvalue weighted by molar-refractivity contribution is 0.0823. The highest BCUT2D eigenvalue weighted by atomic mass is 32.1. The average Bonchev–Trinajstić information content (AvgIpc) is 2.81. The van der Waals surface area contributed by atoms with Crippen molar-refractivity contribution in [2.45, 2.75) is 38.5 Å². The van der Waals surface area contributed by atoms with Gasteiger partial charge in [-0.25, -0.2) is 4.98 Å². The summed E-state index contributed by atoms with van der Waals surface area (Å²) in [6.07, 6.45) is 7.08. The Morgan fingerprint density at radius 1 is 1.17 bits per heavy atom. The van der Waals surface area contributed by atoms with E-state index in [-0.39, 0.29) is 5.41 Å². The van der Waals surface area contributed by atoms with E-state index in [1.165, 1.54) is 29.0 Å². The van der Waals surface area contributed by atoms with Gasteiger partial charge in [-0.1, -0.05) is 31.4 Å². The van der Waals surface area contributed by atoms with Gasteiger partial charge in [0.15, 0.2) is 0 Å². The topological polar surface area (TPSA) is 33.1 Å². The largest absolute Gasteiger partial charge is 0.396 e. The van der Waals surface area contributed by atoms with Crippen molar-refractivity contribution in [2.24, 2.45) is 5.41 Å². The molecule has 0 radical (unpaired) electrons. The fourth-order valence-electron chi connectivity index (χ4n) is 3.01. The van der Waals surface area contributed by atoms with Crippen molar-refractivity contribution in [3.05, 3.63) is 29.3 Å². The van der Waals surface area contributed by atoms with Gasteiger partial charge in [0.2, 0.25) is 0 Å². The molecule has 0 unspecified atom stereocenters. The van der Waals surface area contributed by atoms with Crippen molar-refractivity contribution in [1.29, 1.82) is 0 Å². The average molecular weight is 261 g/mol. The van der Waals surface area contributed by atoms with E-state index in [1.807, 2.05) is 6.07 Å². The zero-order chi connectivity index (χ0) is 12.4. The fourth-order valence-corrected chi connectivity index (χ4v) is 4.15. The highest BCUT2D eigenvalue weighted by Crippen LogP contribution is 2.40. The van der Waals surface area contributed by atoms with Crippen molar-refractivity contribution in [3.63, 3.8) is 0 Å². The van der Waals surface area contributed by atoms with E-state index in [0.717, 1.165) is 24.8 Å². The molecule has 0 bridgehead atoms. The maximum absolute atomic E-state index is 9.75. The van der Waals surface area contributed by atoms with Gasteiger partial charge in [0.25, 0.3) is 0 Å². The molecule has 0 aliphatic heterocycles. The van der Waals surface area contributed by atoms with Gasteiger partial charge < -0.3 is 5.11 Å². The van der Waals surface area contributed by atoms with Gasteiger partial charge in [0.05, 0.1) is 15.2 Å². The van der Waals surface area contributed by atoms with E-state index in [0.29, 0.717) is 6.61 Å². The maximum Gasteiger partial charge on any atom is 0.0945 e. The summed E-state index contributed by atoms with van der Waals surface area (Å²) >= 11 is 1.78. The van der Waals surface area contributed by atoms with Crippen LogP contribution < -0.4 is 0 Å². The smallest absolute Gasteiger partial charge is 0.0945 e. The Morgan fingerprint density at radius 2 is 1.94 bits per heavy atom. The van der Waals surface area contributed by atoms with E-state index >= 15 is 0 Å². The molecule has 0 spiro atoms. The molecule has 2 nitrogen and oxygen atoms in total. The van der Waals surface area contributed by atoms with Gasteiger partial charge in [0.1, 0.15) is 0 Å². The highest BCUT2D eigenvalue weighted by molar-refractivity contribution is 7.18. The molecule has 1 aliphatic carbocycles. The zero-order valence-corrected chi connectivity index (χ0v) is 11.4. The van der Waals surface area contributed by atoms with Crippen LogP contribution in [0.1, 0.15) is 37.1 Å². The molecule has 1 fully saturated rings. The van der Waals surface area contributed by atoms with E-state index in [2.05, 4.69) is 18.2 Å². The number of aromatic nitrogens is 1. The van der Waals surface area contributed by atoms with Crippen LogP contribution in [0.15, 0.2) is 24.3 Å². The first-order chi connectivity index (χ1) is 8.81. The lowest BCUT2D eigenvalue weighted by Crippen LogP contribution is -2.30. The molecule has 96 valence electrons. The molecule has 1 aliphatic rings. The van der Waals surface area contributed by atoms with Gasteiger partial charge in [-0.3, -0.25) is 0 Å². The third kappa shape index (κ3) is 2.29. The van der Waals surface area contributed by atoms with Crippen molar-refractivity contribution in [2.75, 3.05) is 6.61 Å². The molecule has 2 aromatic rings. The molecule has 18 heavy (non-hydrogen) atoms. The van der Waals surface area contributed by atoms with Crippen LogP contribution in [0, 0.1) is 5.41 Å². The quantitative estimate of drug-likeness (QED) is 0.912.